The lowest BCUT2D eigenvalue weighted by atomic mass is 9.91. The van der Waals surface area contributed by atoms with Crippen LogP contribution in [0, 0.1) is 0 Å². The van der Waals surface area contributed by atoms with Crippen LogP contribution in [0.1, 0.15) is 40.5 Å². The molecule has 0 aliphatic carbocycles. The van der Waals surface area contributed by atoms with Crippen molar-refractivity contribution in [3.8, 4) is 5.75 Å². The second-order valence-corrected chi connectivity index (χ2v) is 6.73. The molecule has 0 spiro atoms. The number of benzene rings is 1. The minimum Gasteiger partial charge on any atom is -0.475 e. The van der Waals surface area contributed by atoms with Crippen LogP contribution in [0.25, 0.3) is 0 Å². The van der Waals surface area contributed by atoms with Crippen molar-refractivity contribution in [3.63, 3.8) is 0 Å². The molecule has 1 heterocycles. The highest BCUT2D eigenvalue weighted by Gasteiger charge is 2.46. The van der Waals surface area contributed by atoms with E-state index in [0.29, 0.717) is 35.8 Å². The summed E-state index contributed by atoms with van der Waals surface area (Å²) < 4.78 is 6.04. The van der Waals surface area contributed by atoms with Gasteiger partial charge in [-0.3, -0.25) is 4.79 Å². The Morgan fingerprint density at radius 2 is 1.95 bits per heavy atom. The third-order valence-corrected chi connectivity index (χ3v) is 4.09. The standard InChI is InChI=1S/C16H23ClN2O2/c1-5-16(6-2)14(20)19(10-15(3,4)18)12-9-11(17)7-8-13(12)21-16/h7-9H,5-6,10,18H2,1-4H3. The number of amides is 1. The zero-order chi connectivity index (χ0) is 15.8. The van der Waals surface area contributed by atoms with Crippen LogP contribution in [-0.2, 0) is 4.79 Å². The van der Waals surface area contributed by atoms with Crippen molar-refractivity contribution in [2.75, 3.05) is 11.4 Å². The zero-order valence-corrected chi connectivity index (χ0v) is 13.8. The number of carbonyl (C=O) groups is 1. The number of hydrogen-bond acceptors (Lipinski definition) is 3. The van der Waals surface area contributed by atoms with Gasteiger partial charge in [-0.05, 0) is 44.9 Å². The first-order valence-electron chi connectivity index (χ1n) is 7.32. The molecule has 2 N–H and O–H groups in total. The third-order valence-electron chi connectivity index (χ3n) is 3.86. The van der Waals surface area contributed by atoms with Crippen molar-refractivity contribution in [3.05, 3.63) is 23.2 Å². The molecular formula is C16H23ClN2O2. The van der Waals surface area contributed by atoms with Gasteiger partial charge in [0.1, 0.15) is 5.75 Å². The van der Waals surface area contributed by atoms with Gasteiger partial charge >= 0.3 is 0 Å². The Hall–Kier alpha value is -1.26. The molecule has 1 amide bonds. The molecule has 116 valence electrons. The van der Waals surface area contributed by atoms with Crippen LogP contribution in [0.3, 0.4) is 0 Å². The fourth-order valence-electron chi connectivity index (χ4n) is 2.66. The number of halogens is 1. The number of carbonyl (C=O) groups excluding carboxylic acids is 1. The zero-order valence-electron chi connectivity index (χ0n) is 13.1. The van der Waals surface area contributed by atoms with E-state index >= 15 is 0 Å². The van der Waals surface area contributed by atoms with Gasteiger partial charge < -0.3 is 15.4 Å². The van der Waals surface area contributed by atoms with Gasteiger partial charge in [0.05, 0.1) is 5.69 Å². The van der Waals surface area contributed by atoms with E-state index in [-0.39, 0.29) is 5.91 Å². The van der Waals surface area contributed by atoms with Gasteiger partial charge in [0, 0.05) is 17.1 Å². The van der Waals surface area contributed by atoms with Crippen LogP contribution in [0.15, 0.2) is 18.2 Å². The maximum atomic E-state index is 13.0. The Labute approximate surface area is 131 Å². The number of nitrogens with zero attached hydrogens (tertiary/aromatic N) is 1. The van der Waals surface area contributed by atoms with Crippen LogP contribution in [0.4, 0.5) is 5.69 Å². The lowest BCUT2D eigenvalue weighted by Gasteiger charge is -2.43. The first-order chi connectivity index (χ1) is 9.72. The number of fused-ring (bicyclic) bond motifs is 1. The summed E-state index contributed by atoms with van der Waals surface area (Å²) in [6, 6.07) is 5.36. The highest BCUT2D eigenvalue weighted by molar-refractivity contribution is 6.31. The summed E-state index contributed by atoms with van der Waals surface area (Å²) in [7, 11) is 0. The second kappa shape index (κ2) is 5.50. The fraction of sp³-hybridized carbons (Fsp3) is 0.562. The summed E-state index contributed by atoms with van der Waals surface area (Å²) in [6.45, 7) is 8.16. The molecule has 0 fully saturated rings. The van der Waals surface area contributed by atoms with Gasteiger partial charge in [0.2, 0.25) is 0 Å². The van der Waals surface area contributed by atoms with Crippen molar-refractivity contribution >= 4 is 23.2 Å². The summed E-state index contributed by atoms with van der Waals surface area (Å²) in [6.07, 6.45) is 1.23. The Balaban J connectivity index is 2.55. The summed E-state index contributed by atoms with van der Waals surface area (Å²) >= 11 is 6.07. The molecule has 0 bridgehead atoms. The largest absolute Gasteiger partial charge is 0.475 e. The first-order valence-corrected chi connectivity index (χ1v) is 7.69. The molecule has 0 unspecified atom stereocenters. The van der Waals surface area contributed by atoms with E-state index in [2.05, 4.69) is 0 Å². The van der Waals surface area contributed by atoms with E-state index in [1.165, 1.54) is 0 Å². The predicted molar refractivity (Wildman–Crippen MR) is 86.0 cm³/mol. The SMILES string of the molecule is CCC1(CC)Oc2ccc(Cl)cc2N(CC(C)(C)N)C1=O. The molecule has 2 rings (SSSR count). The van der Waals surface area contributed by atoms with E-state index in [9.17, 15) is 4.79 Å². The highest BCUT2D eigenvalue weighted by atomic mass is 35.5. The van der Waals surface area contributed by atoms with Crippen molar-refractivity contribution in [2.24, 2.45) is 5.73 Å². The monoisotopic (exact) mass is 310 g/mol. The third kappa shape index (κ3) is 3.01. The number of anilines is 1. The summed E-state index contributed by atoms with van der Waals surface area (Å²) in [5, 5.41) is 0.575. The van der Waals surface area contributed by atoms with E-state index in [4.69, 9.17) is 22.1 Å². The fourth-order valence-corrected chi connectivity index (χ4v) is 2.82. The predicted octanol–water partition coefficient (Wildman–Crippen LogP) is 3.36. The molecule has 0 radical (unpaired) electrons. The van der Waals surface area contributed by atoms with Crippen LogP contribution < -0.4 is 15.4 Å². The maximum absolute atomic E-state index is 13.0. The molecule has 4 nitrogen and oxygen atoms in total. The Morgan fingerprint density at radius 1 is 1.33 bits per heavy atom. The lowest BCUT2D eigenvalue weighted by molar-refractivity contribution is -0.136. The Bertz CT molecular complexity index is 548. The van der Waals surface area contributed by atoms with E-state index in [0.717, 1.165) is 0 Å². The number of hydrogen-bond donors (Lipinski definition) is 1. The molecule has 5 heteroatoms. The average Bonchev–Trinajstić information content (AvgIpc) is 2.41. The lowest BCUT2D eigenvalue weighted by Crippen LogP contribution is -2.59. The summed E-state index contributed by atoms with van der Waals surface area (Å²) in [5.41, 5.74) is 5.51. The van der Waals surface area contributed by atoms with Crippen LogP contribution >= 0.6 is 11.6 Å². The Kier molecular flexibility index (Phi) is 4.22. The maximum Gasteiger partial charge on any atom is 0.271 e. The Morgan fingerprint density at radius 3 is 2.48 bits per heavy atom. The molecule has 0 saturated carbocycles. The average molecular weight is 311 g/mol. The molecule has 1 aliphatic rings. The van der Waals surface area contributed by atoms with Gasteiger partial charge in [0.25, 0.3) is 5.91 Å². The van der Waals surface area contributed by atoms with Gasteiger partial charge in [-0.2, -0.15) is 0 Å². The number of nitrogens with two attached hydrogens (primary N) is 1. The molecule has 1 aliphatic heterocycles. The molecule has 0 atom stereocenters. The van der Waals surface area contributed by atoms with Gasteiger partial charge in [-0.25, -0.2) is 0 Å². The van der Waals surface area contributed by atoms with Gasteiger partial charge in [0.15, 0.2) is 5.60 Å². The van der Waals surface area contributed by atoms with Crippen molar-refractivity contribution < 1.29 is 9.53 Å². The summed E-state index contributed by atoms with van der Waals surface area (Å²) in [4.78, 5) is 14.7. The molecule has 1 aromatic rings. The van der Waals surface area contributed by atoms with E-state index in [1.54, 1.807) is 17.0 Å². The first kappa shape index (κ1) is 16.1. The van der Waals surface area contributed by atoms with E-state index < -0.39 is 11.1 Å². The van der Waals surface area contributed by atoms with Gasteiger partial charge in [-0.15, -0.1) is 0 Å². The van der Waals surface area contributed by atoms with Crippen molar-refractivity contribution in [2.45, 2.75) is 51.7 Å². The molecule has 21 heavy (non-hydrogen) atoms. The van der Waals surface area contributed by atoms with Crippen molar-refractivity contribution in [1.82, 2.24) is 0 Å². The van der Waals surface area contributed by atoms with Crippen molar-refractivity contribution in [1.29, 1.82) is 0 Å². The van der Waals surface area contributed by atoms with Gasteiger partial charge in [-0.1, -0.05) is 25.4 Å². The van der Waals surface area contributed by atoms with Crippen LogP contribution in [0.5, 0.6) is 5.75 Å². The molecular weight excluding hydrogens is 288 g/mol. The van der Waals surface area contributed by atoms with E-state index in [1.807, 2.05) is 33.8 Å². The minimum absolute atomic E-state index is 0.0409. The van der Waals surface area contributed by atoms with Crippen LogP contribution in [-0.4, -0.2) is 23.6 Å². The quantitative estimate of drug-likeness (QED) is 0.927. The summed E-state index contributed by atoms with van der Waals surface area (Å²) in [5.74, 6) is 0.646. The number of ether oxygens (including phenoxy) is 1. The van der Waals surface area contributed by atoms with Crippen LogP contribution in [0.2, 0.25) is 5.02 Å². The second-order valence-electron chi connectivity index (χ2n) is 6.30. The molecule has 0 saturated heterocycles. The molecule has 0 aromatic heterocycles. The highest BCUT2D eigenvalue weighted by Crippen LogP contribution is 2.42. The molecule has 1 aromatic carbocycles. The smallest absolute Gasteiger partial charge is 0.271 e. The minimum atomic E-state index is -0.813. The normalized spacial score (nSPS) is 17.4. The number of rotatable bonds is 4. The topological polar surface area (TPSA) is 55.6 Å².